The molecule has 2 aliphatic rings. The van der Waals surface area contributed by atoms with Gasteiger partial charge in [0.2, 0.25) is 5.91 Å². The zero-order chi connectivity index (χ0) is 23.5. The van der Waals surface area contributed by atoms with E-state index in [-0.39, 0.29) is 11.9 Å². The Kier molecular flexibility index (Phi) is 10.1. The van der Waals surface area contributed by atoms with Crippen molar-refractivity contribution >= 4 is 37.1 Å². The highest BCUT2D eigenvalue weighted by Gasteiger charge is 2.51. The number of aliphatic hydroxyl groups excluding tert-OH is 2. The molecule has 2 saturated heterocycles. The maximum atomic E-state index is 13.0. The summed E-state index contributed by atoms with van der Waals surface area (Å²) < 4.78 is 21.7. The highest BCUT2D eigenvalue weighted by molar-refractivity contribution is 7.99. The number of rotatable bonds is 9. The summed E-state index contributed by atoms with van der Waals surface area (Å²) in [6, 6.07) is -1.18. The van der Waals surface area contributed by atoms with Crippen molar-refractivity contribution in [2.75, 3.05) is 19.8 Å². The number of alkyl halides is 1. The predicted molar refractivity (Wildman–Crippen MR) is 118 cm³/mol. The highest BCUT2D eigenvalue weighted by Crippen LogP contribution is 2.43. The van der Waals surface area contributed by atoms with Gasteiger partial charge in [0.15, 0.2) is 0 Å². The Bertz CT molecular complexity index is 654. The van der Waals surface area contributed by atoms with E-state index in [4.69, 9.17) is 26.1 Å². The molecule has 0 saturated carbocycles. The molecule has 5 N–H and O–H groups in total. The number of aliphatic hydroxyl groups is 2. The quantitative estimate of drug-likeness (QED) is 0.222. The molecule has 1 amide bonds. The third-order valence-corrected chi connectivity index (χ3v) is 7.50. The number of phosphoric ester groups is 1. The van der Waals surface area contributed by atoms with Crippen molar-refractivity contribution in [3.8, 4) is 0 Å². The van der Waals surface area contributed by atoms with Gasteiger partial charge < -0.3 is 30.1 Å². The van der Waals surface area contributed by atoms with E-state index in [0.29, 0.717) is 5.92 Å². The first-order chi connectivity index (χ1) is 14.4. The van der Waals surface area contributed by atoms with Crippen molar-refractivity contribution in [3.05, 3.63) is 0 Å². The lowest BCUT2D eigenvalue weighted by atomic mass is 9.92. The number of likely N-dealkylation sites (tertiary alicyclic amines) is 1. The summed E-state index contributed by atoms with van der Waals surface area (Å²) in [5.41, 5.74) is -0.992. The second-order valence-corrected chi connectivity index (χ2v) is 11.1. The molecule has 2 rings (SSSR count). The zero-order valence-corrected chi connectivity index (χ0v) is 20.6. The van der Waals surface area contributed by atoms with Crippen LogP contribution >= 0.6 is 31.2 Å². The van der Waals surface area contributed by atoms with Crippen LogP contribution in [0.3, 0.4) is 0 Å². The van der Waals surface area contributed by atoms with Crippen LogP contribution in [-0.4, -0.2) is 98.0 Å². The highest BCUT2D eigenvalue weighted by atomic mass is 35.5. The van der Waals surface area contributed by atoms with E-state index in [1.807, 2.05) is 11.9 Å². The van der Waals surface area contributed by atoms with Gasteiger partial charge in [0.05, 0.1) is 17.5 Å². The predicted octanol–water partition coefficient (Wildman–Crippen LogP) is 0.506. The average molecular weight is 505 g/mol. The molecule has 0 spiro atoms. The van der Waals surface area contributed by atoms with E-state index in [9.17, 15) is 19.6 Å². The molecule has 182 valence electrons. The number of nitrogens with zero attached hydrogens (tertiary/aromatic N) is 1. The molecule has 2 aliphatic heterocycles. The van der Waals surface area contributed by atoms with Crippen LogP contribution in [0, 0.1) is 5.92 Å². The second-order valence-electron chi connectivity index (χ2n) is 8.30. The standard InChI is InChI=1S/C18H34ClN2O8PS/c1-5-6-10-7-11(21(3)8-10)17(24)20-12(9(2)19)15-13(22)14(23)16(18(28-15)31-4)29-30(25,26)27/h9-16,18,22-23H,5-8H2,1-4H3,(H,20,24)(H2,25,26,27)/t9-,10-,11-,12+,13+,14-,15+,16+,18+/m0/s1. The molecule has 0 aromatic carbocycles. The third-order valence-electron chi connectivity index (χ3n) is 5.87. The zero-order valence-electron chi connectivity index (χ0n) is 18.1. The minimum Gasteiger partial charge on any atom is -0.388 e. The number of carbonyl (C=O) groups is 1. The number of hydrogen-bond donors (Lipinski definition) is 5. The number of carbonyl (C=O) groups excluding carboxylic acids is 1. The smallest absolute Gasteiger partial charge is 0.388 e. The number of likely N-dealkylation sites (N-methyl/N-ethyl adjacent to an activating group) is 1. The summed E-state index contributed by atoms with van der Waals surface area (Å²) in [7, 11) is -3.04. The molecule has 2 fully saturated rings. The minimum absolute atomic E-state index is 0.238. The van der Waals surface area contributed by atoms with Crippen LogP contribution in [0.4, 0.5) is 0 Å². The molecule has 31 heavy (non-hydrogen) atoms. The van der Waals surface area contributed by atoms with Crippen molar-refractivity contribution in [2.45, 2.75) is 80.4 Å². The number of hydrogen-bond acceptors (Lipinski definition) is 8. The van der Waals surface area contributed by atoms with Crippen LogP contribution in [0.1, 0.15) is 33.1 Å². The lowest BCUT2D eigenvalue weighted by molar-refractivity contribution is -0.201. The fourth-order valence-electron chi connectivity index (χ4n) is 4.37. The molecule has 0 unspecified atom stereocenters. The molecular weight excluding hydrogens is 471 g/mol. The summed E-state index contributed by atoms with van der Waals surface area (Å²) in [4.78, 5) is 33.3. The number of phosphoric acid groups is 1. The fourth-order valence-corrected chi connectivity index (χ4v) is 5.93. The van der Waals surface area contributed by atoms with Gasteiger partial charge in [-0.25, -0.2) is 4.57 Å². The minimum atomic E-state index is -4.93. The Morgan fingerprint density at radius 3 is 2.55 bits per heavy atom. The lowest BCUT2D eigenvalue weighted by Crippen LogP contribution is -2.65. The summed E-state index contributed by atoms with van der Waals surface area (Å²) >= 11 is 7.38. The molecule has 0 radical (unpaired) electrons. The first-order valence-electron chi connectivity index (χ1n) is 10.3. The van der Waals surface area contributed by atoms with Gasteiger partial charge in [-0.1, -0.05) is 13.3 Å². The van der Waals surface area contributed by atoms with E-state index >= 15 is 0 Å². The van der Waals surface area contributed by atoms with Crippen molar-refractivity contribution in [1.29, 1.82) is 0 Å². The van der Waals surface area contributed by atoms with Gasteiger partial charge in [-0.2, -0.15) is 0 Å². The fraction of sp³-hybridized carbons (Fsp3) is 0.944. The molecule has 9 atom stereocenters. The lowest BCUT2D eigenvalue weighted by Gasteiger charge is -2.45. The number of amides is 1. The number of ether oxygens (including phenoxy) is 1. The molecule has 10 nitrogen and oxygen atoms in total. The normalized spacial score (nSPS) is 36.9. The van der Waals surface area contributed by atoms with Gasteiger partial charge in [0.1, 0.15) is 29.9 Å². The van der Waals surface area contributed by atoms with Gasteiger partial charge in [-0.3, -0.25) is 14.2 Å². The first kappa shape index (κ1) is 27.3. The summed E-state index contributed by atoms with van der Waals surface area (Å²) in [5, 5.41) is 23.4. The number of nitrogens with one attached hydrogen (secondary N) is 1. The van der Waals surface area contributed by atoms with Crippen LogP contribution in [0.25, 0.3) is 0 Å². The second kappa shape index (κ2) is 11.5. The van der Waals surface area contributed by atoms with Crippen LogP contribution < -0.4 is 5.32 Å². The molecule has 0 aliphatic carbocycles. The van der Waals surface area contributed by atoms with Crippen LogP contribution in [0.5, 0.6) is 0 Å². The third kappa shape index (κ3) is 7.02. The molecule has 0 aromatic rings. The topological polar surface area (TPSA) is 149 Å². The Hall–Kier alpha value is 0.0600. The first-order valence-corrected chi connectivity index (χ1v) is 13.6. The van der Waals surface area contributed by atoms with Crippen molar-refractivity contribution < 1.29 is 38.6 Å². The van der Waals surface area contributed by atoms with Crippen molar-refractivity contribution in [2.24, 2.45) is 5.92 Å². The van der Waals surface area contributed by atoms with Gasteiger partial charge in [0.25, 0.3) is 0 Å². The van der Waals surface area contributed by atoms with Crippen molar-refractivity contribution in [1.82, 2.24) is 10.2 Å². The Morgan fingerprint density at radius 1 is 1.39 bits per heavy atom. The number of halogens is 1. The van der Waals surface area contributed by atoms with Gasteiger partial charge in [-0.05, 0) is 39.0 Å². The molecule has 0 bridgehead atoms. The Labute approximate surface area is 192 Å². The SMILES string of the molecule is CCC[C@H]1C[C@@H](C(=O)N[C@@H]([C@H]2O[C@H](SC)[C@H](OP(=O)(O)O)[C@@H](O)[C@H]2O)[C@H](C)Cl)N(C)C1. The van der Waals surface area contributed by atoms with Gasteiger partial charge in [0, 0.05) is 6.54 Å². The average Bonchev–Trinajstić information content (AvgIpc) is 3.03. The van der Waals surface area contributed by atoms with Crippen LogP contribution in [0.2, 0.25) is 0 Å². The van der Waals surface area contributed by atoms with Crippen LogP contribution in [0.15, 0.2) is 0 Å². The maximum absolute atomic E-state index is 13.0. The summed E-state index contributed by atoms with van der Waals surface area (Å²) in [6.45, 7) is 4.57. The van der Waals surface area contributed by atoms with Crippen molar-refractivity contribution in [3.63, 3.8) is 0 Å². The number of thioether (sulfide) groups is 1. The monoisotopic (exact) mass is 504 g/mol. The largest absolute Gasteiger partial charge is 0.470 e. The van der Waals surface area contributed by atoms with E-state index in [2.05, 4.69) is 16.8 Å². The van der Waals surface area contributed by atoms with E-state index in [1.54, 1.807) is 13.2 Å². The van der Waals surface area contributed by atoms with E-state index < -0.39 is 49.1 Å². The summed E-state index contributed by atoms with van der Waals surface area (Å²) in [6.07, 6.45) is -1.37. The van der Waals surface area contributed by atoms with Gasteiger partial charge >= 0.3 is 7.82 Å². The maximum Gasteiger partial charge on any atom is 0.470 e. The van der Waals surface area contributed by atoms with Crippen LogP contribution in [-0.2, 0) is 18.6 Å². The molecule has 13 heteroatoms. The molecule has 2 heterocycles. The van der Waals surface area contributed by atoms with Gasteiger partial charge in [-0.15, -0.1) is 23.4 Å². The van der Waals surface area contributed by atoms with E-state index in [1.165, 1.54) is 0 Å². The molecular formula is C18H34ClN2O8PS. The Balaban J connectivity index is 2.15. The Morgan fingerprint density at radius 2 is 2.03 bits per heavy atom. The van der Waals surface area contributed by atoms with E-state index in [0.717, 1.165) is 37.6 Å². The molecule has 0 aromatic heterocycles. The summed E-state index contributed by atoms with van der Waals surface area (Å²) in [5.74, 6) is 0.195.